The fourth-order valence-electron chi connectivity index (χ4n) is 1.91. The second kappa shape index (κ2) is 4.71. The molecule has 0 aliphatic carbocycles. The fourth-order valence-corrected chi connectivity index (χ4v) is 1.91. The maximum atomic E-state index is 12.9. The number of benzene rings is 1. The van der Waals surface area contributed by atoms with Crippen molar-refractivity contribution >= 4 is 11.6 Å². The van der Waals surface area contributed by atoms with Crippen molar-refractivity contribution in [2.75, 3.05) is 39.0 Å². The molecule has 4 nitrogen and oxygen atoms in total. The standard InChI is InChI=1S/C12H16FN3O/c1-15-4-6-16(7-5-15)12(17)10-3-2-9(13)8-11(10)14/h2-3,8H,4-7,14H2,1H3. The SMILES string of the molecule is CN1CCN(C(=O)c2ccc(F)cc2N)CC1. The molecule has 1 amide bonds. The molecule has 0 aromatic heterocycles. The smallest absolute Gasteiger partial charge is 0.256 e. The van der Waals surface area contributed by atoms with E-state index in [4.69, 9.17) is 5.73 Å². The van der Waals surface area contributed by atoms with E-state index < -0.39 is 5.82 Å². The lowest BCUT2D eigenvalue weighted by Gasteiger charge is -2.32. The number of piperazine rings is 1. The van der Waals surface area contributed by atoms with Gasteiger partial charge in [0.05, 0.1) is 5.56 Å². The third-order valence-corrected chi connectivity index (χ3v) is 3.03. The number of carbonyl (C=O) groups excluding carboxylic acids is 1. The molecule has 0 saturated carbocycles. The summed E-state index contributed by atoms with van der Waals surface area (Å²) >= 11 is 0. The second-order valence-electron chi connectivity index (χ2n) is 4.33. The molecule has 0 radical (unpaired) electrons. The predicted octanol–water partition coefficient (Wildman–Crippen LogP) is 0.796. The van der Waals surface area contributed by atoms with Crippen LogP contribution in [0.4, 0.5) is 10.1 Å². The highest BCUT2D eigenvalue weighted by atomic mass is 19.1. The van der Waals surface area contributed by atoms with Crippen molar-refractivity contribution in [1.29, 1.82) is 0 Å². The number of carbonyl (C=O) groups is 1. The largest absolute Gasteiger partial charge is 0.398 e. The molecule has 2 rings (SSSR count). The Morgan fingerprint density at radius 1 is 1.29 bits per heavy atom. The van der Waals surface area contributed by atoms with Crippen LogP contribution in [0, 0.1) is 5.82 Å². The normalized spacial score (nSPS) is 17.2. The molecule has 92 valence electrons. The highest BCUT2D eigenvalue weighted by molar-refractivity contribution is 5.99. The summed E-state index contributed by atoms with van der Waals surface area (Å²) in [5.41, 5.74) is 6.25. The molecule has 5 heteroatoms. The van der Waals surface area contributed by atoms with Gasteiger partial charge in [0.25, 0.3) is 5.91 Å². The van der Waals surface area contributed by atoms with Gasteiger partial charge in [-0.2, -0.15) is 0 Å². The van der Waals surface area contributed by atoms with Crippen LogP contribution in [0.15, 0.2) is 18.2 Å². The van der Waals surface area contributed by atoms with Gasteiger partial charge in [0.1, 0.15) is 5.82 Å². The third kappa shape index (κ3) is 2.55. The summed E-state index contributed by atoms with van der Waals surface area (Å²) in [6, 6.07) is 3.90. The van der Waals surface area contributed by atoms with Crippen LogP contribution in [0.3, 0.4) is 0 Å². The molecule has 0 unspecified atom stereocenters. The van der Waals surface area contributed by atoms with Crippen molar-refractivity contribution in [1.82, 2.24) is 9.80 Å². The van der Waals surface area contributed by atoms with Crippen LogP contribution >= 0.6 is 0 Å². The molecule has 1 aromatic rings. The Kier molecular flexibility index (Phi) is 3.28. The average molecular weight is 237 g/mol. The number of nitrogens with zero attached hydrogens (tertiary/aromatic N) is 2. The van der Waals surface area contributed by atoms with Gasteiger partial charge in [-0.15, -0.1) is 0 Å². The molecule has 1 aliphatic heterocycles. The number of nitrogens with two attached hydrogens (primary N) is 1. The summed E-state index contributed by atoms with van der Waals surface area (Å²) in [6.07, 6.45) is 0. The lowest BCUT2D eigenvalue weighted by molar-refractivity contribution is 0.0665. The van der Waals surface area contributed by atoms with Gasteiger partial charge in [-0.05, 0) is 25.2 Å². The van der Waals surface area contributed by atoms with E-state index in [9.17, 15) is 9.18 Å². The zero-order chi connectivity index (χ0) is 12.4. The van der Waals surface area contributed by atoms with Gasteiger partial charge < -0.3 is 15.5 Å². The van der Waals surface area contributed by atoms with Crippen molar-refractivity contribution in [3.63, 3.8) is 0 Å². The minimum absolute atomic E-state index is 0.115. The number of likely N-dealkylation sites (N-methyl/N-ethyl adjacent to an activating group) is 1. The first kappa shape index (κ1) is 11.9. The Bertz CT molecular complexity index is 428. The molecule has 0 atom stereocenters. The molecule has 17 heavy (non-hydrogen) atoms. The molecule has 1 fully saturated rings. The summed E-state index contributed by atoms with van der Waals surface area (Å²) in [5, 5.41) is 0. The summed E-state index contributed by atoms with van der Waals surface area (Å²) < 4.78 is 12.9. The molecule has 1 saturated heterocycles. The van der Waals surface area contributed by atoms with Gasteiger partial charge in [-0.25, -0.2) is 4.39 Å². The molecule has 0 bridgehead atoms. The van der Waals surface area contributed by atoms with E-state index >= 15 is 0 Å². The van der Waals surface area contributed by atoms with E-state index in [0.29, 0.717) is 18.7 Å². The summed E-state index contributed by atoms with van der Waals surface area (Å²) in [6.45, 7) is 3.08. The van der Waals surface area contributed by atoms with E-state index in [2.05, 4.69) is 4.90 Å². The lowest BCUT2D eigenvalue weighted by Crippen LogP contribution is -2.47. The quantitative estimate of drug-likeness (QED) is 0.735. The highest BCUT2D eigenvalue weighted by Crippen LogP contribution is 2.16. The summed E-state index contributed by atoms with van der Waals surface area (Å²) in [7, 11) is 2.02. The number of amides is 1. The Labute approximate surface area is 99.8 Å². The van der Waals surface area contributed by atoms with Gasteiger partial charge in [-0.1, -0.05) is 0 Å². The van der Waals surface area contributed by atoms with Gasteiger partial charge in [0.2, 0.25) is 0 Å². The Hall–Kier alpha value is -1.62. The second-order valence-corrected chi connectivity index (χ2v) is 4.33. The molecule has 1 aliphatic rings. The van der Waals surface area contributed by atoms with Crippen LogP contribution in [-0.2, 0) is 0 Å². The molecule has 2 N–H and O–H groups in total. The first-order valence-electron chi connectivity index (χ1n) is 5.61. The van der Waals surface area contributed by atoms with Crippen LogP contribution in [0.25, 0.3) is 0 Å². The first-order chi connectivity index (χ1) is 8.08. The zero-order valence-electron chi connectivity index (χ0n) is 9.82. The van der Waals surface area contributed by atoms with Crippen molar-refractivity contribution in [3.8, 4) is 0 Å². The maximum absolute atomic E-state index is 12.9. The Morgan fingerprint density at radius 2 is 1.94 bits per heavy atom. The Balaban J connectivity index is 2.14. The predicted molar refractivity (Wildman–Crippen MR) is 64.2 cm³/mol. The Morgan fingerprint density at radius 3 is 2.53 bits per heavy atom. The number of rotatable bonds is 1. The number of halogens is 1. The molecule has 0 spiro atoms. The van der Waals surface area contributed by atoms with Gasteiger partial charge in [0, 0.05) is 31.9 Å². The molecular formula is C12H16FN3O. The average Bonchev–Trinajstić information content (AvgIpc) is 2.29. The van der Waals surface area contributed by atoms with Gasteiger partial charge in [-0.3, -0.25) is 4.79 Å². The molecule has 1 aromatic carbocycles. The van der Waals surface area contributed by atoms with Gasteiger partial charge >= 0.3 is 0 Å². The van der Waals surface area contributed by atoms with Crippen LogP contribution in [0.1, 0.15) is 10.4 Å². The number of hydrogen-bond acceptors (Lipinski definition) is 3. The minimum atomic E-state index is -0.419. The number of hydrogen-bond donors (Lipinski definition) is 1. The topological polar surface area (TPSA) is 49.6 Å². The lowest BCUT2D eigenvalue weighted by atomic mass is 10.1. The van der Waals surface area contributed by atoms with Crippen LogP contribution in [0.2, 0.25) is 0 Å². The van der Waals surface area contributed by atoms with E-state index in [1.807, 2.05) is 7.05 Å². The van der Waals surface area contributed by atoms with E-state index in [1.54, 1.807) is 4.90 Å². The summed E-state index contributed by atoms with van der Waals surface area (Å²) in [5.74, 6) is -0.534. The number of anilines is 1. The van der Waals surface area contributed by atoms with Crippen LogP contribution in [-0.4, -0.2) is 48.9 Å². The van der Waals surface area contributed by atoms with E-state index in [-0.39, 0.29) is 11.6 Å². The van der Waals surface area contributed by atoms with Gasteiger partial charge in [0.15, 0.2) is 0 Å². The maximum Gasteiger partial charge on any atom is 0.256 e. The monoisotopic (exact) mass is 237 g/mol. The summed E-state index contributed by atoms with van der Waals surface area (Å²) in [4.78, 5) is 16.1. The minimum Gasteiger partial charge on any atom is -0.398 e. The molecule has 1 heterocycles. The van der Waals surface area contributed by atoms with Crippen molar-refractivity contribution in [2.24, 2.45) is 0 Å². The number of nitrogen functional groups attached to an aromatic ring is 1. The van der Waals surface area contributed by atoms with Crippen LogP contribution < -0.4 is 5.73 Å². The van der Waals surface area contributed by atoms with E-state index in [1.165, 1.54) is 18.2 Å². The van der Waals surface area contributed by atoms with E-state index in [0.717, 1.165) is 13.1 Å². The van der Waals surface area contributed by atoms with Crippen molar-refractivity contribution in [3.05, 3.63) is 29.6 Å². The molecular weight excluding hydrogens is 221 g/mol. The third-order valence-electron chi connectivity index (χ3n) is 3.03. The van der Waals surface area contributed by atoms with Crippen LogP contribution in [0.5, 0.6) is 0 Å². The first-order valence-corrected chi connectivity index (χ1v) is 5.61. The van der Waals surface area contributed by atoms with Crippen molar-refractivity contribution in [2.45, 2.75) is 0 Å². The zero-order valence-corrected chi connectivity index (χ0v) is 9.82. The van der Waals surface area contributed by atoms with Crippen molar-refractivity contribution < 1.29 is 9.18 Å². The highest BCUT2D eigenvalue weighted by Gasteiger charge is 2.21. The fraction of sp³-hybridized carbons (Fsp3) is 0.417.